The first kappa shape index (κ1) is 19.3. The number of hydrogen-bond acceptors (Lipinski definition) is 7. The number of pyridine rings is 3. The Morgan fingerprint density at radius 1 is 0.970 bits per heavy atom. The van der Waals surface area contributed by atoms with Crippen LogP contribution >= 0.6 is 11.3 Å². The minimum absolute atomic E-state index is 0.0503. The fraction of sp³-hybridized carbons (Fsp3) is 0.0417. The van der Waals surface area contributed by atoms with Gasteiger partial charge in [0.2, 0.25) is 0 Å². The maximum atomic E-state index is 11.7. The Balaban J connectivity index is 1.48. The van der Waals surface area contributed by atoms with Gasteiger partial charge in [-0.15, -0.1) is 11.3 Å². The third kappa shape index (κ3) is 3.26. The monoisotopic (exact) mass is 452 g/mol. The summed E-state index contributed by atoms with van der Waals surface area (Å²) in [5, 5.41) is 19.1. The molecular formula is C24H16N6O2S. The second-order valence-corrected chi connectivity index (χ2v) is 8.76. The molecule has 0 amide bonds. The first-order valence-corrected chi connectivity index (χ1v) is 11.0. The van der Waals surface area contributed by atoms with Gasteiger partial charge in [-0.1, -0.05) is 0 Å². The highest BCUT2D eigenvalue weighted by atomic mass is 32.1. The quantitative estimate of drug-likeness (QED) is 0.316. The maximum absolute atomic E-state index is 11.7. The number of Topliss-reactive ketones (excluding diaryl/α,β-unsaturated/α-hetero) is 1. The summed E-state index contributed by atoms with van der Waals surface area (Å²) < 4.78 is 0. The lowest BCUT2D eigenvalue weighted by atomic mass is 10.1. The Kier molecular flexibility index (Phi) is 4.30. The topological polar surface area (TPSA) is 120 Å². The lowest BCUT2D eigenvalue weighted by Gasteiger charge is -2.02. The molecule has 0 aliphatic heterocycles. The Bertz CT molecular complexity index is 1680. The van der Waals surface area contributed by atoms with Crippen molar-refractivity contribution in [1.29, 1.82) is 0 Å². The molecule has 6 aromatic heterocycles. The summed E-state index contributed by atoms with van der Waals surface area (Å²) in [6, 6.07) is 9.46. The Labute approximate surface area is 191 Å². The van der Waals surface area contributed by atoms with Crippen LogP contribution in [-0.2, 0) is 0 Å². The smallest absolute Gasteiger partial charge is 0.169 e. The second kappa shape index (κ2) is 7.35. The van der Waals surface area contributed by atoms with Crippen LogP contribution in [0.3, 0.4) is 0 Å². The van der Waals surface area contributed by atoms with E-state index < -0.39 is 0 Å². The fourth-order valence-electron chi connectivity index (χ4n) is 3.90. The molecule has 160 valence electrons. The molecule has 6 rings (SSSR count). The molecule has 0 aromatic carbocycles. The molecule has 0 saturated heterocycles. The maximum Gasteiger partial charge on any atom is 0.169 e. The largest absolute Gasteiger partial charge is 0.506 e. The summed E-state index contributed by atoms with van der Waals surface area (Å²) in [6.45, 7) is 1.57. The molecule has 8 nitrogen and oxygen atoms in total. The van der Waals surface area contributed by atoms with Gasteiger partial charge in [0, 0.05) is 50.9 Å². The molecule has 0 spiro atoms. The van der Waals surface area contributed by atoms with Gasteiger partial charge in [-0.2, -0.15) is 5.10 Å². The van der Waals surface area contributed by atoms with Gasteiger partial charge in [-0.25, -0.2) is 4.98 Å². The number of H-pyrrole nitrogens is 2. The molecule has 9 heteroatoms. The van der Waals surface area contributed by atoms with Crippen molar-refractivity contribution in [2.45, 2.75) is 6.92 Å². The first-order chi connectivity index (χ1) is 16.1. The van der Waals surface area contributed by atoms with E-state index in [0.29, 0.717) is 5.65 Å². The van der Waals surface area contributed by atoms with Gasteiger partial charge in [0.15, 0.2) is 11.4 Å². The van der Waals surface area contributed by atoms with Crippen molar-refractivity contribution in [3.63, 3.8) is 0 Å². The number of carbonyl (C=O) groups is 1. The van der Waals surface area contributed by atoms with E-state index in [9.17, 15) is 9.90 Å². The summed E-state index contributed by atoms with van der Waals surface area (Å²) in [5.74, 6) is 0.145. The highest BCUT2D eigenvalue weighted by Gasteiger charge is 2.16. The molecule has 0 fully saturated rings. The number of nitrogens with zero attached hydrogens (tertiary/aromatic N) is 4. The minimum Gasteiger partial charge on any atom is -0.506 e. The summed E-state index contributed by atoms with van der Waals surface area (Å²) >= 11 is 1.46. The van der Waals surface area contributed by atoms with Crippen LogP contribution in [0.25, 0.3) is 54.9 Å². The summed E-state index contributed by atoms with van der Waals surface area (Å²) in [4.78, 5) is 29.8. The number of thiophene rings is 1. The number of rotatable bonds is 4. The average Bonchev–Trinajstić information content (AvgIpc) is 3.55. The number of hydrogen-bond donors (Lipinski definition) is 3. The van der Waals surface area contributed by atoms with Gasteiger partial charge in [-0.3, -0.25) is 19.9 Å². The number of aromatic hydroxyl groups is 1. The number of ketones is 1. The van der Waals surface area contributed by atoms with E-state index in [1.165, 1.54) is 17.5 Å². The van der Waals surface area contributed by atoms with E-state index in [2.05, 4.69) is 30.1 Å². The van der Waals surface area contributed by atoms with Gasteiger partial charge in [0.1, 0.15) is 11.4 Å². The van der Waals surface area contributed by atoms with Crippen molar-refractivity contribution in [3.05, 3.63) is 66.2 Å². The van der Waals surface area contributed by atoms with E-state index in [4.69, 9.17) is 0 Å². The Morgan fingerprint density at radius 3 is 2.64 bits per heavy atom. The standard InChI is InChI=1S/C24H16N6O2S/c1-12(31)21-2-3-22(33-21)18-10-26-11-20-16(18)6-19(28-20)23-17-5-14(8-27-24(17)30-29-23)13-4-15(32)9-25-7-13/h2-11,28,32H,1H3,(H,27,29,30). The van der Waals surface area contributed by atoms with Crippen LogP contribution in [0.2, 0.25) is 0 Å². The predicted octanol–water partition coefficient (Wildman–Crippen LogP) is 5.20. The van der Waals surface area contributed by atoms with Crippen LogP contribution in [0, 0.1) is 0 Å². The van der Waals surface area contributed by atoms with Crippen LogP contribution in [-0.4, -0.2) is 41.0 Å². The molecule has 0 aliphatic carbocycles. The van der Waals surface area contributed by atoms with Gasteiger partial charge in [0.05, 0.1) is 28.5 Å². The molecular weight excluding hydrogens is 436 g/mol. The first-order valence-electron chi connectivity index (χ1n) is 10.1. The van der Waals surface area contributed by atoms with Crippen LogP contribution in [0.5, 0.6) is 5.75 Å². The lowest BCUT2D eigenvalue weighted by Crippen LogP contribution is -1.84. The van der Waals surface area contributed by atoms with Crippen molar-refractivity contribution in [2.24, 2.45) is 0 Å². The molecule has 0 atom stereocenters. The van der Waals surface area contributed by atoms with Crippen molar-refractivity contribution in [1.82, 2.24) is 30.1 Å². The van der Waals surface area contributed by atoms with Gasteiger partial charge in [0.25, 0.3) is 0 Å². The van der Waals surface area contributed by atoms with Crippen molar-refractivity contribution >= 4 is 39.1 Å². The van der Waals surface area contributed by atoms with Crippen LogP contribution in [0.15, 0.2) is 61.3 Å². The van der Waals surface area contributed by atoms with Crippen LogP contribution in [0.1, 0.15) is 16.6 Å². The molecule has 0 unspecified atom stereocenters. The van der Waals surface area contributed by atoms with E-state index in [1.807, 2.05) is 30.5 Å². The molecule has 3 N–H and O–H groups in total. The third-order valence-electron chi connectivity index (χ3n) is 5.49. The van der Waals surface area contributed by atoms with Crippen molar-refractivity contribution in [3.8, 4) is 38.7 Å². The van der Waals surface area contributed by atoms with Crippen LogP contribution < -0.4 is 0 Å². The minimum atomic E-state index is 0.0503. The van der Waals surface area contributed by atoms with Gasteiger partial charge in [-0.05, 0) is 37.3 Å². The van der Waals surface area contributed by atoms with Crippen molar-refractivity contribution in [2.75, 3.05) is 0 Å². The zero-order valence-corrected chi connectivity index (χ0v) is 18.1. The molecule has 0 aliphatic rings. The SMILES string of the molecule is CC(=O)c1ccc(-c2cncc3[nH]c(-c4n[nH]c5ncc(-c6cncc(O)c6)cc45)cc23)s1. The van der Waals surface area contributed by atoms with E-state index in [1.54, 1.807) is 31.6 Å². The predicted molar refractivity (Wildman–Crippen MR) is 127 cm³/mol. The van der Waals surface area contributed by atoms with E-state index in [0.717, 1.165) is 54.1 Å². The number of carbonyl (C=O) groups excluding carboxylic acids is 1. The summed E-state index contributed by atoms with van der Waals surface area (Å²) in [7, 11) is 0. The van der Waals surface area contributed by atoms with E-state index in [-0.39, 0.29) is 11.5 Å². The highest BCUT2D eigenvalue weighted by molar-refractivity contribution is 7.17. The zero-order valence-electron chi connectivity index (χ0n) is 17.3. The molecule has 0 radical (unpaired) electrons. The Hall–Kier alpha value is -4.37. The van der Waals surface area contributed by atoms with E-state index >= 15 is 0 Å². The number of aromatic amines is 2. The van der Waals surface area contributed by atoms with Crippen LogP contribution in [0.4, 0.5) is 0 Å². The van der Waals surface area contributed by atoms with Crippen molar-refractivity contribution < 1.29 is 9.90 Å². The number of aromatic nitrogens is 6. The molecule has 0 bridgehead atoms. The number of fused-ring (bicyclic) bond motifs is 2. The average molecular weight is 452 g/mol. The third-order valence-corrected chi connectivity index (χ3v) is 6.71. The molecule has 0 saturated carbocycles. The second-order valence-electron chi connectivity index (χ2n) is 7.68. The zero-order chi connectivity index (χ0) is 22.5. The van der Waals surface area contributed by atoms with Gasteiger partial charge < -0.3 is 10.1 Å². The molecule has 33 heavy (non-hydrogen) atoms. The lowest BCUT2D eigenvalue weighted by molar-refractivity contribution is 0.102. The number of nitrogens with one attached hydrogen (secondary N) is 2. The normalized spacial score (nSPS) is 11.4. The van der Waals surface area contributed by atoms with Gasteiger partial charge >= 0.3 is 0 Å². The Morgan fingerprint density at radius 2 is 1.82 bits per heavy atom. The summed E-state index contributed by atoms with van der Waals surface area (Å²) in [6.07, 6.45) is 8.38. The molecule has 6 heterocycles. The highest BCUT2D eigenvalue weighted by Crippen LogP contribution is 2.36. The molecule has 6 aromatic rings. The fourth-order valence-corrected chi connectivity index (χ4v) is 4.82. The summed E-state index contributed by atoms with van der Waals surface area (Å²) in [5.41, 5.74) is 5.62.